The molecule has 10 heteroatoms. The van der Waals surface area contributed by atoms with E-state index in [9.17, 15) is 18.0 Å². The predicted molar refractivity (Wildman–Crippen MR) is 111 cm³/mol. The van der Waals surface area contributed by atoms with Crippen molar-refractivity contribution in [1.82, 2.24) is 10.0 Å². The Bertz CT molecular complexity index is 941. The van der Waals surface area contributed by atoms with Crippen molar-refractivity contribution in [3.63, 3.8) is 0 Å². The number of benzene rings is 1. The van der Waals surface area contributed by atoms with E-state index in [-0.39, 0.29) is 24.9 Å². The van der Waals surface area contributed by atoms with Gasteiger partial charge in [-0.2, -0.15) is 0 Å². The van der Waals surface area contributed by atoms with Crippen LogP contribution in [-0.2, 0) is 21.2 Å². The second kappa shape index (κ2) is 9.45. The van der Waals surface area contributed by atoms with Gasteiger partial charge in [0.1, 0.15) is 0 Å². The van der Waals surface area contributed by atoms with E-state index in [1.807, 2.05) is 19.1 Å². The number of thiophene rings is 1. The summed E-state index contributed by atoms with van der Waals surface area (Å²) in [6, 6.07) is 8.93. The molecule has 0 radical (unpaired) electrons. The van der Waals surface area contributed by atoms with Crippen molar-refractivity contribution in [2.45, 2.75) is 13.3 Å². The summed E-state index contributed by atoms with van der Waals surface area (Å²) in [4.78, 5) is 25.5. The zero-order chi connectivity index (χ0) is 20.0. The number of amides is 2. The molecule has 0 atom stereocenters. The van der Waals surface area contributed by atoms with Gasteiger partial charge in [0.25, 0.3) is 5.91 Å². The zero-order valence-electron chi connectivity index (χ0n) is 14.8. The molecule has 2 aromatic rings. The third-order valence-corrected chi connectivity index (χ3v) is 5.86. The van der Waals surface area contributed by atoms with Crippen LogP contribution in [0, 0.1) is 6.92 Å². The number of anilines is 1. The summed E-state index contributed by atoms with van der Waals surface area (Å²) >= 11 is 4.63. The van der Waals surface area contributed by atoms with Gasteiger partial charge >= 0.3 is 0 Å². The predicted octanol–water partition coefficient (Wildman–Crippen LogP) is 2.28. The van der Waals surface area contributed by atoms with Crippen LogP contribution in [-0.4, -0.2) is 39.6 Å². The van der Waals surface area contributed by atoms with Gasteiger partial charge in [-0.25, -0.2) is 13.1 Å². The lowest BCUT2D eigenvalue weighted by molar-refractivity contribution is -0.115. The number of halogens is 1. The summed E-state index contributed by atoms with van der Waals surface area (Å²) in [5.74, 6) is -0.659. The highest BCUT2D eigenvalue weighted by Gasteiger charge is 2.12. The molecule has 0 saturated heterocycles. The highest BCUT2D eigenvalue weighted by Crippen LogP contribution is 2.20. The first-order valence-electron chi connectivity index (χ1n) is 8.01. The Hall–Kier alpha value is -1.75. The van der Waals surface area contributed by atoms with Crippen molar-refractivity contribution in [2.75, 3.05) is 24.7 Å². The van der Waals surface area contributed by atoms with Crippen molar-refractivity contribution in [1.29, 1.82) is 0 Å². The van der Waals surface area contributed by atoms with Crippen LogP contribution in [0.1, 0.15) is 20.1 Å². The quantitative estimate of drug-likeness (QED) is 0.546. The normalized spacial score (nSPS) is 11.2. The van der Waals surface area contributed by atoms with Crippen LogP contribution in [0.25, 0.3) is 0 Å². The molecular formula is C17H20BrN3O4S2. The summed E-state index contributed by atoms with van der Waals surface area (Å²) in [7, 11) is -3.23. The largest absolute Gasteiger partial charge is 0.342 e. The van der Waals surface area contributed by atoms with Gasteiger partial charge in [-0.3, -0.25) is 9.59 Å². The smallest absolute Gasteiger partial charge is 0.261 e. The minimum absolute atomic E-state index is 0.142. The SMILES string of the molecule is Cc1cc(Br)ccc1NC(=O)CNC(=O)c1ccc(CCNS(C)(=O)=O)s1. The maximum Gasteiger partial charge on any atom is 0.261 e. The number of rotatable bonds is 8. The summed E-state index contributed by atoms with van der Waals surface area (Å²) in [5.41, 5.74) is 1.60. The summed E-state index contributed by atoms with van der Waals surface area (Å²) in [6.07, 6.45) is 1.59. The van der Waals surface area contributed by atoms with Crippen molar-refractivity contribution in [3.8, 4) is 0 Å². The topological polar surface area (TPSA) is 104 Å². The monoisotopic (exact) mass is 473 g/mol. The fourth-order valence-corrected chi connectivity index (χ4v) is 4.08. The number of sulfonamides is 1. The molecule has 7 nitrogen and oxygen atoms in total. The van der Waals surface area contributed by atoms with Crippen LogP contribution >= 0.6 is 27.3 Å². The lowest BCUT2D eigenvalue weighted by atomic mass is 10.2. The average Bonchev–Trinajstić information content (AvgIpc) is 3.03. The molecule has 0 aliphatic heterocycles. The number of carbonyl (C=O) groups excluding carboxylic acids is 2. The van der Waals surface area contributed by atoms with Crippen LogP contribution in [0.3, 0.4) is 0 Å². The fourth-order valence-electron chi connectivity index (χ4n) is 2.20. The molecule has 0 aliphatic rings. The molecule has 146 valence electrons. The third kappa shape index (κ3) is 7.41. The standard InChI is InChI=1S/C17H20BrN3O4S2/c1-11-9-12(18)3-5-14(11)21-16(22)10-19-17(23)15-6-4-13(26-15)7-8-20-27(2,24)25/h3-6,9,20H,7-8,10H2,1-2H3,(H,19,23)(H,21,22). The zero-order valence-corrected chi connectivity index (χ0v) is 18.1. The van der Waals surface area contributed by atoms with E-state index in [1.54, 1.807) is 18.2 Å². The van der Waals surface area contributed by atoms with Gasteiger partial charge in [0.05, 0.1) is 17.7 Å². The fraction of sp³-hybridized carbons (Fsp3) is 0.294. The molecule has 1 aromatic carbocycles. The Morgan fingerprint density at radius 2 is 1.93 bits per heavy atom. The van der Waals surface area contributed by atoms with Gasteiger partial charge in [-0.1, -0.05) is 15.9 Å². The number of aryl methyl sites for hydroxylation is 1. The average molecular weight is 474 g/mol. The van der Waals surface area contributed by atoms with Crippen molar-refractivity contribution >= 4 is 54.8 Å². The molecule has 2 amide bonds. The molecule has 3 N–H and O–H groups in total. The molecular weight excluding hydrogens is 454 g/mol. The molecule has 2 rings (SSSR count). The maximum absolute atomic E-state index is 12.2. The second-order valence-electron chi connectivity index (χ2n) is 5.87. The number of hydrogen-bond donors (Lipinski definition) is 3. The van der Waals surface area contributed by atoms with E-state index in [0.717, 1.165) is 21.2 Å². The first-order chi connectivity index (χ1) is 12.6. The first kappa shape index (κ1) is 21.5. The van der Waals surface area contributed by atoms with Crippen LogP contribution < -0.4 is 15.4 Å². The molecule has 0 spiro atoms. The molecule has 1 heterocycles. The van der Waals surface area contributed by atoms with Gasteiger partial charge in [-0.05, 0) is 49.2 Å². The Morgan fingerprint density at radius 3 is 2.59 bits per heavy atom. The van der Waals surface area contributed by atoms with Crippen LogP contribution in [0.5, 0.6) is 0 Å². The van der Waals surface area contributed by atoms with Crippen molar-refractivity contribution in [3.05, 3.63) is 50.1 Å². The lowest BCUT2D eigenvalue weighted by Crippen LogP contribution is -2.32. The molecule has 1 aromatic heterocycles. The van der Waals surface area contributed by atoms with E-state index in [1.165, 1.54) is 11.3 Å². The molecule has 0 aliphatic carbocycles. The molecule has 0 bridgehead atoms. The van der Waals surface area contributed by atoms with E-state index >= 15 is 0 Å². The first-order valence-corrected chi connectivity index (χ1v) is 11.5. The summed E-state index contributed by atoms with van der Waals surface area (Å²) in [5, 5.41) is 5.34. The van der Waals surface area contributed by atoms with Gasteiger partial charge < -0.3 is 10.6 Å². The molecule has 0 saturated carbocycles. The van der Waals surface area contributed by atoms with E-state index < -0.39 is 10.0 Å². The van der Waals surface area contributed by atoms with E-state index in [0.29, 0.717) is 17.0 Å². The minimum Gasteiger partial charge on any atom is -0.342 e. The number of nitrogens with one attached hydrogen (secondary N) is 3. The summed E-state index contributed by atoms with van der Waals surface area (Å²) < 4.78 is 25.4. The van der Waals surface area contributed by atoms with Crippen molar-refractivity contribution < 1.29 is 18.0 Å². The van der Waals surface area contributed by atoms with Gasteiger partial charge in [-0.15, -0.1) is 11.3 Å². The third-order valence-electron chi connectivity index (χ3n) is 3.49. The maximum atomic E-state index is 12.2. The number of carbonyl (C=O) groups is 2. The van der Waals surface area contributed by atoms with Crippen LogP contribution in [0.4, 0.5) is 5.69 Å². The highest BCUT2D eigenvalue weighted by molar-refractivity contribution is 9.10. The van der Waals surface area contributed by atoms with E-state index in [4.69, 9.17) is 0 Å². The number of hydrogen-bond acceptors (Lipinski definition) is 5. The highest BCUT2D eigenvalue weighted by atomic mass is 79.9. The molecule has 0 unspecified atom stereocenters. The Morgan fingerprint density at radius 1 is 1.19 bits per heavy atom. The van der Waals surface area contributed by atoms with Gasteiger partial charge in [0.15, 0.2) is 0 Å². The second-order valence-corrected chi connectivity index (χ2v) is 9.79. The van der Waals surface area contributed by atoms with Crippen LogP contribution in [0.2, 0.25) is 0 Å². The van der Waals surface area contributed by atoms with Crippen molar-refractivity contribution in [2.24, 2.45) is 0 Å². The molecule has 0 fully saturated rings. The van der Waals surface area contributed by atoms with Gasteiger partial charge in [0, 0.05) is 21.6 Å². The Labute approximate surface area is 170 Å². The Kier molecular flexibility index (Phi) is 7.54. The lowest BCUT2D eigenvalue weighted by Gasteiger charge is -2.09. The van der Waals surface area contributed by atoms with Crippen LogP contribution in [0.15, 0.2) is 34.8 Å². The van der Waals surface area contributed by atoms with Gasteiger partial charge in [0.2, 0.25) is 15.9 Å². The minimum atomic E-state index is -3.23. The summed E-state index contributed by atoms with van der Waals surface area (Å²) in [6.45, 7) is 2.01. The Balaban J connectivity index is 1.82. The van der Waals surface area contributed by atoms with E-state index in [2.05, 4.69) is 31.3 Å². The molecule has 27 heavy (non-hydrogen) atoms.